The van der Waals surface area contributed by atoms with Crippen molar-refractivity contribution in [2.75, 3.05) is 24.7 Å². The van der Waals surface area contributed by atoms with Gasteiger partial charge < -0.3 is 9.47 Å². The van der Waals surface area contributed by atoms with Crippen LogP contribution in [0.15, 0.2) is 34.0 Å². The van der Waals surface area contributed by atoms with E-state index in [4.69, 9.17) is 32.7 Å². The molecule has 0 aromatic carbocycles. The summed E-state index contributed by atoms with van der Waals surface area (Å²) in [5.41, 5.74) is 0. The van der Waals surface area contributed by atoms with Crippen LogP contribution in [0, 0.1) is 0 Å². The average molecular weight is 443 g/mol. The normalized spacial score (nSPS) is 12.9. The number of alkyl halides is 2. The van der Waals surface area contributed by atoms with E-state index in [1.54, 1.807) is 0 Å². The molecule has 0 radical (unpaired) electrons. The van der Waals surface area contributed by atoms with E-state index in [0.29, 0.717) is 11.5 Å². The van der Waals surface area contributed by atoms with Gasteiger partial charge in [-0.05, 0) is 0 Å². The Morgan fingerprint density at radius 3 is 1.76 bits per heavy atom. The van der Waals surface area contributed by atoms with Crippen LogP contribution in [0.5, 0.6) is 0 Å². The average Bonchev–Trinajstić information content (AvgIpc) is 3.08. The van der Waals surface area contributed by atoms with E-state index >= 15 is 0 Å². The van der Waals surface area contributed by atoms with Crippen molar-refractivity contribution in [1.29, 1.82) is 0 Å². The second-order valence-electron chi connectivity index (χ2n) is 4.32. The first-order valence-corrected chi connectivity index (χ1v) is 10.6. The number of carbonyl (C=O) groups excluding carboxylic acids is 2. The number of thioether (sulfide) groups is 2. The lowest BCUT2D eigenvalue weighted by atomic mass is 10.5. The Kier molecular flexibility index (Phi) is 11.2. The number of hydrogen-bond acceptors (Lipinski definition) is 9. The van der Waals surface area contributed by atoms with Gasteiger partial charge in [-0.1, -0.05) is 48.0 Å². The summed E-state index contributed by atoms with van der Waals surface area (Å²) >= 11 is 16.4. The minimum atomic E-state index is -0.500. The third kappa shape index (κ3) is 10.1. The van der Waals surface area contributed by atoms with Gasteiger partial charge >= 0.3 is 11.9 Å². The van der Waals surface area contributed by atoms with Gasteiger partial charge in [-0.3, -0.25) is 0 Å². The molecule has 0 aliphatic carbocycles. The zero-order valence-electron chi connectivity index (χ0n) is 13.1. The third-order valence-electron chi connectivity index (χ3n) is 2.31. The quantitative estimate of drug-likeness (QED) is 0.211. The van der Waals surface area contributed by atoms with Crippen molar-refractivity contribution in [1.82, 2.24) is 10.2 Å². The molecular formula is C14H16Cl2N2O4S3. The fourth-order valence-electron chi connectivity index (χ4n) is 1.20. The van der Waals surface area contributed by atoms with Crippen molar-refractivity contribution in [3.8, 4) is 0 Å². The summed E-state index contributed by atoms with van der Waals surface area (Å²) in [6.07, 6.45) is 2.18. The summed E-state index contributed by atoms with van der Waals surface area (Å²) in [4.78, 5) is 21.9. The summed E-state index contributed by atoms with van der Waals surface area (Å²) in [7, 11) is 0. The lowest BCUT2D eigenvalue weighted by Gasteiger charge is -2.07. The SMILES string of the molecule is C=CC(=O)OCC(Cl)CSc1nnc(SCC(Cl)COC(=O)C=C)s1. The van der Waals surface area contributed by atoms with Gasteiger partial charge in [-0.15, -0.1) is 33.4 Å². The van der Waals surface area contributed by atoms with Gasteiger partial charge in [0.05, 0.1) is 10.8 Å². The first-order chi connectivity index (χ1) is 11.9. The maximum Gasteiger partial charge on any atom is 0.330 e. The monoisotopic (exact) mass is 442 g/mol. The summed E-state index contributed by atoms with van der Waals surface area (Å²) in [6.45, 7) is 6.83. The van der Waals surface area contributed by atoms with E-state index in [0.717, 1.165) is 20.8 Å². The van der Waals surface area contributed by atoms with Gasteiger partial charge in [0, 0.05) is 23.7 Å². The third-order valence-corrected chi connectivity index (χ3v) is 6.75. The standard InChI is InChI=1S/C14H16Cl2N2O4S3/c1-3-11(19)21-5-9(15)7-23-13-17-18-14(25-13)24-8-10(16)6-22-12(20)4-2/h3-4,9-10H,1-2,5-8H2. The predicted molar refractivity (Wildman–Crippen MR) is 103 cm³/mol. The Bertz CT molecular complexity index is 552. The molecule has 0 aliphatic heterocycles. The van der Waals surface area contributed by atoms with Crippen LogP contribution in [0.1, 0.15) is 0 Å². The van der Waals surface area contributed by atoms with Crippen LogP contribution in [-0.2, 0) is 19.1 Å². The second-order valence-corrected chi connectivity index (χ2v) is 9.06. The largest absolute Gasteiger partial charge is 0.461 e. The maximum absolute atomic E-state index is 10.9. The fraction of sp³-hybridized carbons (Fsp3) is 0.429. The van der Waals surface area contributed by atoms with Gasteiger partial charge in [0.2, 0.25) is 0 Å². The van der Waals surface area contributed by atoms with Crippen LogP contribution in [0.4, 0.5) is 0 Å². The molecule has 0 saturated carbocycles. The summed E-state index contributed by atoms with van der Waals surface area (Å²) < 4.78 is 11.2. The van der Waals surface area contributed by atoms with Crippen LogP contribution in [0.25, 0.3) is 0 Å². The molecule has 138 valence electrons. The Morgan fingerprint density at radius 1 is 1.00 bits per heavy atom. The lowest BCUT2D eigenvalue weighted by molar-refractivity contribution is -0.138. The van der Waals surface area contributed by atoms with E-state index < -0.39 is 11.9 Å². The van der Waals surface area contributed by atoms with Crippen LogP contribution in [0.3, 0.4) is 0 Å². The van der Waals surface area contributed by atoms with Crippen molar-refractivity contribution in [3.05, 3.63) is 25.3 Å². The van der Waals surface area contributed by atoms with Crippen molar-refractivity contribution >= 4 is 70.0 Å². The fourth-order valence-corrected chi connectivity index (χ4v) is 4.56. The number of aromatic nitrogens is 2. The van der Waals surface area contributed by atoms with Gasteiger partial charge in [0.25, 0.3) is 0 Å². The van der Waals surface area contributed by atoms with E-state index in [1.165, 1.54) is 34.9 Å². The highest BCUT2D eigenvalue weighted by Crippen LogP contribution is 2.30. The van der Waals surface area contributed by atoms with Crippen molar-refractivity contribution < 1.29 is 19.1 Å². The molecule has 0 fully saturated rings. The van der Waals surface area contributed by atoms with E-state index in [1.807, 2.05) is 0 Å². The number of carbonyl (C=O) groups is 2. The molecule has 1 aromatic heterocycles. The lowest BCUT2D eigenvalue weighted by Crippen LogP contribution is -2.14. The zero-order valence-corrected chi connectivity index (χ0v) is 17.0. The molecule has 11 heteroatoms. The van der Waals surface area contributed by atoms with E-state index in [-0.39, 0.29) is 24.0 Å². The number of nitrogens with zero attached hydrogens (tertiary/aromatic N) is 2. The number of rotatable bonds is 12. The van der Waals surface area contributed by atoms with Gasteiger partial charge in [0.1, 0.15) is 13.2 Å². The molecule has 25 heavy (non-hydrogen) atoms. The van der Waals surface area contributed by atoms with Crippen LogP contribution in [-0.4, -0.2) is 57.6 Å². The molecule has 0 spiro atoms. The van der Waals surface area contributed by atoms with Crippen LogP contribution < -0.4 is 0 Å². The molecule has 0 saturated heterocycles. The summed E-state index contributed by atoms with van der Waals surface area (Å²) in [5, 5.41) is 7.44. The maximum atomic E-state index is 10.9. The molecule has 1 heterocycles. The minimum absolute atomic E-state index is 0.108. The molecule has 0 bridgehead atoms. The molecule has 0 aliphatic rings. The van der Waals surface area contributed by atoms with Gasteiger partial charge in [0.15, 0.2) is 8.68 Å². The number of ether oxygens (including phenoxy) is 2. The highest BCUT2D eigenvalue weighted by Gasteiger charge is 2.13. The molecule has 2 atom stereocenters. The molecule has 6 nitrogen and oxygen atoms in total. The molecule has 2 unspecified atom stereocenters. The van der Waals surface area contributed by atoms with Crippen molar-refractivity contribution in [3.63, 3.8) is 0 Å². The molecule has 1 aromatic rings. The summed E-state index contributed by atoms with van der Waals surface area (Å²) in [6, 6.07) is 0. The van der Waals surface area contributed by atoms with Crippen LogP contribution in [0.2, 0.25) is 0 Å². The predicted octanol–water partition coefficient (Wildman–Crippen LogP) is 3.40. The molecular weight excluding hydrogens is 427 g/mol. The highest BCUT2D eigenvalue weighted by molar-refractivity contribution is 8.03. The molecule has 0 amide bonds. The first kappa shape index (κ1) is 22.3. The van der Waals surface area contributed by atoms with Gasteiger partial charge in [-0.2, -0.15) is 0 Å². The van der Waals surface area contributed by atoms with Gasteiger partial charge in [-0.25, -0.2) is 9.59 Å². The molecule has 0 N–H and O–H groups in total. The van der Waals surface area contributed by atoms with E-state index in [2.05, 4.69) is 23.4 Å². The first-order valence-electron chi connectivity index (χ1n) is 6.90. The second kappa shape index (κ2) is 12.6. The van der Waals surface area contributed by atoms with E-state index in [9.17, 15) is 9.59 Å². The number of hydrogen-bond donors (Lipinski definition) is 0. The van der Waals surface area contributed by atoms with Crippen molar-refractivity contribution in [2.45, 2.75) is 19.4 Å². The topological polar surface area (TPSA) is 78.4 Å². The van der Waals surface area contributed by atoms with Crippen molar-refractivity contribution in [2.24, 2.45) is 0 Å². The number of esters is 2. The Morgan fingerprint density at radius 2 is 1.40 bits per heavy atom. The minimum Gasteiger partial charge on any atom is -0.461 e. The van der Waals surface area contributed by atoms with Crippen LogP contribution >= 0.6 is 58.1 Å². The smallest absolute Gasteiger partial charge is 0.330 e. The Labute approximate surface area is 168 Å². The Balaban J connectivity index is 2.27. The highest BCUT2D eigenvalue weighted by atomic mass is 35.5. The Hall–Kier alpha value is -0.740. The zero-order chi connectivity index (χ0) is 18.7. The molecule has 1 rings (SSSR count). The summed E-state index contributed by atoms with van der Waals surface area (Å²) in [5.74, 6) is 0.0567. The number of halogens is 2.